The first-order valence-electron chi connectivity index (χ1n) is 5.12. The number of unbranched alkanes of at least 4 members (excludes halogenated alkanes) is 1. The predicted octanol–water partition coefficient (Wildman–Crippen LogP) is 1.70. The second kappa shape index (κ2) is 6.14. The van der Waals surface area contributed by atoms with Gasteiger partial charge in [0.25, 0.3) is 0 Å². The van der Waals surface area contributed by atoms with E-state index in [1.165, 1.54) is 0 Å². The van der Waals surface area contributed by atoms with Crippen molar-refractivity contribution in [2.45, 2.75) is 32.8 Å². The first kappa shape index (κ1) is 11.7. The average Bonchev–Trinajstić information content (AvgIpc) is 2.27. The Morgan fingerprint density at radius 1 is 1.60 bits per heavy atom. The summed E-state index contributed by atoms with van der Waals surface area (Å²) in [6, 6.07) is 3.47. The monoisotopic (exact) mass is 208 g/mol. The molecular weight excluding hydrogens is 192 g/mol. The summed E-state index contributed by atoms with van der Waals surface area (Å²) in [5, 5.41) is 11.7. The number of rotatable bonds is 5. The Hall–Kier alpha value is -1.42. The fourth-order valence-corrected chi connectivity index (χ4v) is 1.21. The lowest BCUT2D eigenvalue weighted by atomic mass is 10.2. The van der Waals surface area contributed by atoms with E-state index in [0.717, 1.165) is 12.8 Å². The molecule has 2 N–H and O–H groups in total. The summed E-state index contributed by atoms with van der Waals surface area (Å²) in [5.41, 5.74) is 0.641. The van der Waals surface area contributed by atoms with Crippen LogP contribution in [0.1, 0.15) is 31.7 Å². The Balaban J connectivity index is 2.59. The van der Waals surface area contributed by atoms with E-state index in [9.17, 15) is 4.79 Å². The van der Waals surface area contributed by atoms with Crippen LogP contribution in [0.5, 0.6) is 0 Å². The van der Waals surface area contributed by atoms with Crippen molar-refractivity contribution in [2.75, 3.05) is 5.32 Å². The number of hydrogen-bond acceptors (Lipinski definition) is 3. The standard InChI is InChI=1S/C11H16N2O2/c1-2-3-6-10(15)13-11-9(8-14)5-4-7-12-11/h4-5,7,14H,2-3,6,8H2,1H3,(H,12,13,15). The highest BCUT2D eigenvalue weighted by atomic mass is 16.3. The van der Waals surface area contributed by atoms with Crippen molar-refractivity contribution in [1.82, 2.24) is 4.98 Å². The van der Waals surface area contributed by atoms with Crippen LogP contribution in [0.4, 0.5) is 5.82 Å². The smallest absolute Gasteiger partial charge is 0.225 e. The first-order chi connectivity index (χ1) is 7.27. The molecule has 15 heavy (non-hydrogen) atoms. The third-order valence-corrected chi connectivity index (χ3v) is 2.08. The van der Waals surface area contributed by atoms with Gasteiger partial charge in [0.15, 0.2) is 0 Å². The molecular formula is C11H16N2O2. The van der Waals surface area contributed by atoms with Crippen LogP contribution in [-0.2, 0) is 11.4 Å². The third-order valence-electron chi connectivity index (χ3n) is 2.08. The largest absolute Gasteiger partial charge is 0.392 e. The molecule has 0 aliphatic heterocycles. The van der Waals surface area contributed by atoms with Gasteiger partial charge in [-0.3, -0.25) is 4.79 Å². The summed E-state index contributed by atoms with van der Waals surface area (Å²) in [6.45, 7) is 1.92. The molecule has 1 amide bonds. The molecule has 1 rings (SSSR count). The van der Waals surface area contributed by atoms with Gasteiger partial charge >= 0.3 is 0 Å². The number of pyridine rings is 1. The van der Waals surface area contributed by atoms with Gasteiger partial charge in [0.1, 0.15) is 5.82 Å². The number of carbonyl (C=O) groups excluding carboxylic acids is 1. The molecule has 0 aliphatic carbocycles. The summed E-state index contributed by atoms with van der Waals surface area (Å²) in [6.07, 6.45) is 3.95. The van der Waals surface area contributed by atoms with Crippen LogP contribution in [0, 0.1) is 0 Å². The zero-order valence-electron chi connectivity index (χ0n) is 8.86. The Bertz CT molecular complexity index is 326. The van der Waals surface area contributed by atoms with Gasteiger partial charge in [0.05, 0.1) is 6.61 Å². The molecule has 0 radical (unpaired) electrons. The molecule has 0 aliphatic rings. The summed E-state index contributed by atoms with van der Waals surface area (Å²) in [4.78, 5) is 15.4. The van der Waals surface area contributed by atoms with E-state index in [-0.39, 0.29) is 12.5 Å². The van der Waals surface area contributed by atoms with E-state index in [0.29, 0.717) is 17.8 Å². The first-order valence-corrected chi connectivity index (χ1v) is 5.12. The minimum Gasteiger partial charge on any atom is -0.392 e. The molecule has 0 bridgehead atoms. The number of hydrogen-bond donors (Lipinski definition) is 2. The maximum absolute atomic E-state index is 11.4. The number of aliphatic hydroxyl groups excluding tert-OH is 1. The lowest BCUT2D eigenvalue weighted by molar-refractivity contribution is -0.116. The molecule has 82 valence electrons. The number of carbonyl (C=O) groups is 1. The summed E-state index contributed by atoms with van der Waals surface area (Å²) >= 11 is 0. The molecule has 1 aromatic heterocycles. The maximum atomic E-state index is 11.4. The fraction of sp³-hybridized carbons (Fsp3) is 0.455. The Morgan fingerprint density at radius 3 is 3.07 bits per heavy atom. The molecule has 0 saturated carbocycles. The molecule has 0 atom stereocenters. The van der Waals surface area contributed by atoms with Gasteiger partial charge in [0, 0.05) is 18.2 Å². The Labute approximate surface area is 89.3 Å². The van der Waals surface area contributed by atoms with Crippen LogP contribution in [0.15, 0.2) is 18.3 Å². The van der Waals surface area contributed by atoms with Crippen LogP contribution in [0.2, 0.25) is 0 Å². The van der Waals surface area contributed by atoms with Crippen molar-refractivity contribution in [1.29, 1.82) is 0 Å². The molecule has 0 unspecified atom stereocenters. The zero-order chi connectivity index (χ0) is 11.1. The zero-order valence-corrected chi connectivity index (χ0v) is 8.86. The number of aromatic nitrogens is 1. The minimum atomic E-state index is -0.114. The highest BCUT2D eigenvalue weighted by Gasteiger charge is 2.06. The van der Waals surface area contributed by atoms with Gasteiger partial charge in [-0.15, -0.1) is 0 Å². The summed E-state index contributed by atoms with van der Waals surface area (Å²) < 4.78 is 0. The average molecular weight is 208 g/mol. The van der Waals surface area contributed by atoms with Crippen LogP contribution in [-0.4, -0.2) is 16.0 Å². The van der Waals surface area contributed by atoms with Crippen molar-refractivity contribution in [3.8, 4) is 0 Å². The van der Waals surface area contributed by atoms with Gasteiger partial charge < -0.3 is 10.4 Å². The van der Waals surface area contributed by atoms with E-state index < -0.39 is 0 Å². The van der Waals surface area contributed by atoms with E-state index in [1.807, 2.05) is 6.92 Å². The summed E-state index contributed by atoms with van der Waals surface area (Å²) in [5.74, 6) is 0.409. The second-order valence-corrected chi connectivity index (χ2v) is 3.32. The molecule has 4 heteroatoms. The van der Waals surface area contributed by atoms with Crippen LogP contribution in [0.25, 0.3) is 0 Å². The number of nitrogens with zero attached hydrogens (tertiary/aromatic N) is 1. The van der Waals surface area contributed by atoms with Crippen LogP contribution < -0.4 is 5.32 Å². The van der Waals surface area contributed by atoms with Crippen molar-refractivity contribution in [2.24, 2.45) is 0 Å². The number of nitrogens with one attached hydrogen (secondary N) is 1. The Morgan fingerprint density at radius 2 is 2.40 bits per heavy atom. The quantitative estimate of drug-likeness (QED) is 0.774. The molecule has 4 nitrogen and oxygen atoms in total. The molecule has 0 fully saturated rings. The van der Waals surface area contributed by atoms with Crippen molar-refractivity contribution < 1.29 is 9.90 Å². The van der Waals surface area contributed by atoms with Gasteiger partial charge in [-0.25, -0.2) is 4.98 Å². The molecule has 1 aromatic rings. The van der Waals surface area contributed by atoms with Crippen molar-refractivity contribution in [3.63, 3.8) is 0 Å². The fourth-order valence-electron chi connectivity index (χ4n) is 1.21. The number of aliphatic hydroxyl groups is 1. The van der Waals surface area contributed by atoms with Gasteiger partial charge in [-0.1, -0.05) is 19.4 Å². The van der Waals surface area contributed by atoms with Crippen molar-refractivity contribution in [3.05, 3.63) is 23.9 Å². The van der Waals surface area contributed by atoms with Crippen molar-refractivity contribution >= 4 is 11.7 Å². The maximum Gasteiger partial charge on any atom is 0.225 e. The number of amides is 1. The van der Waals surface area contributed by atoms with Gasteiger partial charge in [0.2, 0.25) is 5.91 Å². The van der Waals surface area contributed by atoms with Crippen LogP contribution in [0.3, 0.4) is 0 Å². The minimum absolute atomic E-state index is 0.0507. The van der Waals surface area contributed by atoms with E-state index >= 15 is 0 Å². The summed E-state index contributed by atoms with van der Waals surface area (Å²) in [7, 11) is 0. The predicted molar refractivity (Wildman–Crippen MR) is 58.3 cm³/mol. The SMILES string of the molecule is CCCCC(=O)Nc1ncccc1CO. The lowest BCUT2D eigenvalue weighted by Crippen LogP contribution is -2.13. The van der Waals surface area contributed by atoms with E-state index in [2.05, 4.69) is 10.3 Å². The molecule has 0 aromatic carbocycles. The normalized spacial score (nSPS) is 10.0. The van der Waals surface area contributed by atoms with Crippen LogP contribution >= 0.6 is 0 Å². The Kier molecular flexibility index (Phi) is 4.77. The lowest BCUT2D eigenvalue weighted by Gasteiger charge is -2.07. The topological polar surface area (TPSA) is 62.2 Å². The van der Waals surface area contributed by atoms with E-state index in [1.54, 1.807) is 18.3 Å². The van der Waals surface area contributed by atoms with Gasteiger partial charge in [-0.05, 0) is 12.5 Å². The highest BCUT2D eigenvalue weighted by molar-refractivity contribution is 5.90. The third kappa shape index (κ3) is 3.67. The van der Waals surface area contributed by atoms with Gasteiger partial charge in [-0.2, -0.15) is 0 Å². The molecule has 0 saturated heterocycles. The molecule has 0 spiro atoms. The number of anilines is 1. The molecule has 1 heterocycles. The second-order valence-electron chi connectivity index (χ2n) is 3.32. The van der Waals surface area contributed by atoms with E-state index in [4.69, 9.17) is 5.11 Å². The highest BCUT2D eigenvalue weighted by Crippen LogP contribution is 2.11.